The van der Waals surface area contributed by atoms with Crippen LogP contribution in [-0.4, -0.2) is 53.1 Å². The maximum Gasteiger partial charge on any atom is 0.328 e. The fourth-order valence-corrected chi connectivity index (χ4v) is 2.77. The molecule has 8 nitrogen and oxygen atoms in total. The first-order chi connectivity index (χ1) is 8.69. The zero-order valence-electron chi connectivity index (χ0n) is 11.1. The molecule has 0 spiro atoms. The molecule has 0 bridgehead atoms. The number of hydrogen-bond acceptors (Lipinski definition) is 5. The van der Waals surface area contributed by atoms with Crippen LogP contribution in [0.5, 0.6) is 0 Å². The van der Waals surface area contributed by atoms with Gasteiger partial charge in [0.2, 0.25) is 0 Å². The second-order valence-electron chi connectivity index (χ2n) is 4.85. The van der Waals surface area contributed by atoms with Gasteiger partial charge in [0.15, 0.2) is 0 Å². The highest BCUT2D eigenvalue weighted by molar-refractivity contribution is 7.52. The summed E-state index contributed by atoms with van der Waals surface area (Å²) in [6.45, 7) is 3.46. The first-order valence-corrected chi connectivity index (χ1v) is 7.76. The van der Waals surface area contributed by atoms with Crippen molar-refractivity contribution in [2.75, 3.05) is 25.9 Å². The van der Waals surface area contributed by atoms with Crippen molar-refractivity contribution in [2.24, 2.45) is 5.73 Å². The fourth-order valence-electron chi connectivity index (χ4n) is 1.71. The minimum Gasteiger partial charge on any atom is -0.328 e. The van der Waals surface area contributed by atoms with Crippen molar-refractivity contribution in [3.8, 4) is 0 Å². The van der Waals surface area contributed by atoms with E-state index in [1.165, 1.54) is 0 Å². The summed E-state index contributed by atoms with van der Waals surface area (Å²) in [5, 5.41) is 2.53. The molecule has 1 saturated heterocycles. The molecule has 9 heteroatoms. The molecule has 0 aromatic carbocycles. The van der Waals surface area contributed by atoms with Gasteiger partial charge in [0.05, 0.1) is 12.8 Å². The minimum absolute atomic E-state index is 0.00391. The largest absolute Gasteiger partial charge is 0.328 e. The van der Waals surface area contributed by atoms with Crippen LogP contribution in [0.2, 0.25) is 0 Å². The lowest BCUT2D eigenvalue weighted by atomic mass is 10.1. The van der Waals surface area contributed by atoms with Gasteiger partial charge in [-0.1, -0.05) is 0 Å². The molecule has 1 atom stereocenters. The SMILES string of the molecule is CC1(C)NC(=O)N(CCCP(=O)(O)OCCN)C1=O. The minimum atomic E-state index is -3.69. The highest BCUT2D eigenvalue weighted by Gasteiger charge is 2.43. The van der Waals surface area contributed by atoms with E-state index in [0.29, 0.717) is 0 Å². The van der Waals surface area contributed by atoms with Gasteiger partial charge in [-0.2, -0.15) is 0 Å². The Morgan fingerprint density at radius 1 is 1.47 bits per heavy atom. The Bertz CT molecular complexity index is 412. The second-order valence-corrected chi connectivity index (χ2v) is 6.83. The molecule has 1 aliphatic rings. The predicted molar refractivity (Wildman–Crippen MR) is 68.6 cm³/mol. The average Bonchev–Trinajstić information content (AvgIpc) is 2.48. The van der Waals surface area contributed by atoms with Crippen LogP contribution in [0.15, 0.2) is 0 Å². The molecule has 0 aromatic heterocycles. The zero-order chi connectivity index (χ0) is 14.7. The number of nitrogens with zero attached hydrogens (tertiary/aromatic N) is 1. The summed E-state index contributed by atoms with van der Waals surface area (Å²) in [5.74, 6) is -0.340. The molecule has 0 aliphatic carbocycles. The van der Waals surface area contributed by atoms with Gasteiger partial charge in [-0.05, 0) is 20.3 Å². The first-order valence-electron chi connectivity index (χ1n) is 6.00. The van der Waals surface area contributed by atoms with Gasteiger partial charge in [0.1, 0.15) is 5.54 Å². The van der Waals surface area contributed by atoms with E-state index in [0.717, 1.165) is 4.90 Å². The van der Waals surface area contributed by atoms with Crippen molar-refractivity contribution < 1.29 is 23.6 Å². The topological polar surface area (TPSA) is 122 Å². The number of urea groups is 1. The van der Waals surface area contributed by atoms with Gasteiger partial charge in [0.25, 0.3) is 5.91 Å². The van der Waals surface area contributed by atoms with E-state index >= 15 is 0 Å². The van der Waals surface area contributed by atoms with Crippen molar-refractivity contribution in [1.82, 2.24) is 10.2 Å². The van der Waals surface area contributed by atoms with Crippen molar-refractivity contribution in [2.45, 2.75) is 25.8 Å². The number of amides is 3. The van der Waals surface area contributed by atoms with Gasteiger partial charge in [-0.25, -0.2) is 4.79 Å². The molecule has 1 fully saturated rings. The predicted octanol–water partition coefficient (Wildman–Crippen LogP) is -0.132. The smallest absolute Gasteiger partial charge is 0.328 e. The quantitative estimate of drug-likeness (QED) is 0.444. The number of nitrogens with two attached hydrogens (primary N) is 1. The van der Waals surface area contributed by atoms with Crippen LogP contribution >= 0.6 is 7.60 Å². The summed E-state index contributed by atoms with van der Waals surface area (Å²) in [7, 11) is -3.69. The third kappa shape index (κ3) is 4.28. The molecule has 110 valence electrons. The number of nitrogens with one attached hydrogen (secondary N) is 1. The standard InChI is InChI=1S/C10H20N3O5P/c1-10(2)8(14)13(9(15)12-10)5-3-7-19(16,17)18-6-4-11/h3-7,11H2,1-2H3,(H,12,15)(H,16,17). The molecule has 0 saturated carbocycles. The lowest BCUT2D eigenvalue weighted by Crippen LogP contribution is -2.40. The molecule has 4 N–H and O–H groups in total. The van der Waals surface area contributed by atoms with Crippen molar-refractivity contribution in [3.05, 3.63) is 0 Å². The number of carbonyl (C=O) groups is 2. The van der Waals surface area contributed by atoms with Gasteiger partial charge < -0.3 is 20.5 Å². The van der Waals surface area contributed by atoms with E-state index in [4.69, 9.17) is 10.3 Å². The summed E-state index contributed by atoms with van der Waals surface area (Å²) >= 11 is 0. The van der Waals surface area contributed by atoms with E-state index in [9.17, 15) is 19.0 Å². The normalized spacial score (nSPS) is 21.4. The van der Waals surface area contributed by atoms with E-state index in [-0.39, 0.29) is 38.2 Å². The Morgan fingerprint density at radius 3 is 2.58 bits per heavy atom. The number of rotatable bonds is 7. The summed E-state index contributed by atoms with van der Waals surface area (Å²) in [4.78, 5) is 33.8. The lowest BCUT2D eigenvalue weighted by Gasteiger charge is -2.16. The van der Waals surface area contributed by atoms with Crippen LogP contribution in [0, 0.1) is 0 Å². The maximum absolute atomic E-state index is 11.8. The number of imide groups is 1. The third-order valence-electron chi connectivity index (χ3n) is 2.68. The molecule has 1 unspecified atom stereocenters. The van der Waals surface area contributed by atoms with Gasteiger partial charge in [-0.3, -0.25) is 14.3 Å². The highest BCUT2D eigenvalue weighted by Crippen LogP contribution is 2.42. The molecule has 1 aliphatic heterocycles. The molecular formula is C10H20N3O5P. The Morgan fingerprint density at radius 2 is 2.11 bits per heavy atom. The van der Waals surface area contributed by atoms with Gasteiger partial charge in [0, 0.05) is 13.1 Å². The lowest BCUT2D eigenvalue weighted by molar-refractivity contribution is -0.130. The summed E-state index contributed by atoms with van der Waals surface area (Å²) in [6, 6.07) is -0.481. The Labute approximate surface area is 111 Å². The van der Waals surface area contributed by atoms with Crippen LogP contribution in [0.3, 0.4) is 0 Å². The molecule has 0 radical (unpaired) electrons. The second kappa shape index (κ2) is 6.00. The molecule has 1 rings (SSSR count). The van der Waals surface area contributed by atoms with Gasteiger partial charge in [-0.15, -0.1) is 0 Å². The molecule has 1 heterocycles. The summed E-state index contributed by atoms with van der Waals surface area (Å²) in [6.07, 6.45) is 0.0814. The first kappa shape index (κ1) is 16.1. The van der Waals surface area contributed by atoms with Crippen molar-refractivity contribution in [1.29, 1.82) is 0 Å². The van der Waals surface area contributed by atoms with E-state index in [1.54, 1.807) is 13.8 Å². The molecule has 19 heavy (non-hydrogen) atoms. The van der Waals surface area contributed by atoms with Crippen LogP contribution in [-0.2, 0) is 13.9 Å². The Kier molecular flexibility index (Phi) is 5.09. The fraction of sp³-hybridized carbons (Fsp3) is 0.800. The highest BCUT2D eigenvalue weighted by atomic mass is 31.2. The summed E-state index contributed by atoms with van der Waals surface area (Å²) < 4.78 is 16.2. The third-order valence-corrected chi connectivity index (χ3v) is 4.15. The molecular weight excluding hydrogens is 273 g/mol. The van der Waals surface area contributed by atoms with Crippen molar-refractivity contribution >= 4 is 19.5 Å². The zero-order valence-corrected chi connectivity index (χ0v) is 12.0. The molecule has 3 amide bonds. The average molecular weight is 293 g/mol. The monoisotopic (exact) mass is 293 g/mol. The molecule has 0 aromatic rings. The van der Waals surface area contributed by atoms with E-state index in [1.807, 2.05) is 0 Å². The Balaban J connectivity index is 2.44. The summed E-state index contributed by atoms with van der Waals surface area (Å²) in [5.41, 5.74) is 4.25. The van der Waals surface area contributed by atoms with E-state index < -0.39 is 19.2 Å². The number of carbonyl (C=O) groups excluding carboxylic acids is 2. The number of hydrogen-bond donors (Lipinski definition) is 3. The van der Waals surface area contributed by atoms with E-state index in [2.05, 4.69) is 5.32 Å². The van der Waals surface area contributed by atoms with Crippen LogP contribution in [0.4, 0.5) is 4.79 Å². The van der Waals surface area contributed by atoms with Crippen LogP contribution in [0.1, 0.15) is 20.3 Å². The van der Waals surface area contributed by atoms with Crippen LogP contribution in [0.25, 0.3) is 0 Å². The van der Waals surface area contributed by atoms with Crippen LogP contribution < -0.4 is 11.1 Å². The van der Waals surface area contributed by atoms with Crippen molar-refractivity contribution in [3.63, 3.8) is 0 Å². The maximum atomic E-state index is 11.8. The Hall–Kier alpha value is -0.950. The van der Waals surface area contributed by atoms with Gasteiger partial charge >= 0.3 is 13.6 Å².